The maximum atomic E-state index is 11.9. The molecule has 1 amide bonds. The summed E-state index contributed by atoms with van der Waals surface area (Å²) in [5, 5.41) is 11.3. The molecule has 0 saturated carbocycles. The number of benzene rings is 2. The van der Waals surface area contributed by atoms with E-state index in [-0.39, 0.29) is 5.57 Å². The van der Waals surface area contributed by atoms with E-state index >= 15 is 0 Å². The fourth-order valence-electron chi connectivity index (χ4n) is 2.10. The molecule has 0 atom stereocenters. The maximum Gasteiger partial charge on any atom is 0.412 e. The Kier molecular flexibility index (Phi) is 6.14. The Hall–Kier alpha value is -3.08. The fourth-order valence-corrected chi connectivity index (χ4v) is 2.10. The first-order valence-electron chi connectivity index (χ1n) is 7.58. The predicted octanol–water partition coefficient (Wildman–Crippen LogP) is 3.86. The summed E-state index contributed by atoms with van der Waals surface area (Å²) in [6.45, 7) is 1.81. The van der Waals surface area contributed by atoms with Gasteiger partial charge < -0.3 is 15.2 Å². The first-order chi connectivity index (χ1) is 11.6. The van der Waals surface area contributed by atoms with E-state index in [0.29, 0.717) is 18.7 Å². The molecular weight excluding hydrogens is 306 g/mol. The molecule has 2 aromatic carbocycles. The van der Waals surface area contributed by atoms with Gasteiger partial charge in [-0.1, -0.05) is 54.6 Å². The Morgan fingerprint density at radius 2 is 1.75 bits per heavy atom. The number of carbonyl (C=O) groups is 2. The second kappa shape index (κ2) is 8.53. The Morgan fingerprint density at radius 1 is 1.08 bits per heavy atom. The van der Waals surface area contributed by atoms with Gasteiger partial charge in [0.1, 0.15) is 5.75 Å². The van der Waals surface area contributed by atoms with E-state index in [1.165, 1.54) is 6.92 Å². The van der Waals surface area contributed by atoms with Gasteiger partial charge in [-0.3, -0.25) is 0 Å². The van der Waals surface area contributed by atoms with Crippen molar-refractivity contribution in [2.75, 3.05) is 6.54 Å². The van der Waals surface area contributed by atoms with Crippen LogP contribution in [0.2, 0.25) is 0 Å². The SMILES string of the molecule is CC(=CCCNC(=O)Oc1ccccc1-c1ccccc1)C(=O)O. The van der Waals surface area contributed by atoms with Crippen LogP contribution in [-0.2, 0) is 4.79 Å². The molecule has 0 aliphatic rings. The van der Waals surface area contributed by atoms with Crippen molar-refractivity contribution < 1.29 is 19.4 Å². The van der Waals surface area contributed by atoms with Crippen LogP contribution in [0.1, 0.15) is 13.3 Å². The predicted molar refractivity (Wildman–Crippen MR) is 91.9 cm³/mol. The third-order valence-corrected chi connectivity index (χ3v) is 3.38. The van der Waals surface area contributed by atoms with Crippen LogP contribution < -0.4 is 10.1 Å². The van der Waals surface area contributed by atoms with Gasteiger partial charge >= 0.3 is 12.1 Å². The summed E-state index contributed by atoms with van der Waals surface area (Å²) in [6, 6.07) is 17.0. The zero-order chi connectivity index (χ0) is 17.4. The average Bonchev–Trinajstić information content (AvgIpc) is 2.59. The maximum absolute atomic E-state index is 11.9. The first-order valence-corrected chi connectivity index (χ1v) is 7.58. The van der Waals surface area contributed by atoms with Gasteiger partial charge in [-0.2, -0.15) is 0 Å². The molecular formula is C19H19NO4. The minimum atomic E-state index is -0.964. The zero-order valence-electron chi connectivity index (χ0n) is 13.4. The number of aliphatic carboxylic acids is 1. The summed E-state index contributed by atoms with van der Waals surface area (Å²) in [5.74, 6) is -0.493. The standard InChI is InChI=1S/C19H19NO4/c1-14(18(21)22)8-7-13-20-19(23)24-17-12-6-5-11-16(17)15-9-3-2-4-10-15/h2-6,8-12H,7,13H2,1H3,(H,20,23)(H,21,22). The molecule has 5 nitrogen and oxygen atoms in total. The lowest BCUT2D eigenvalue weighted by Gasteiger charge is -2.10. The molecule has 0 saturated heterocycles. The summed E-state index contributed by atoms with van der Waals surface area (Å²) in [7, 11) is 0. The van der Waals surface area contributed by atoms with Crippen LogP contribution in [0.15, 0.2) is 66.2 Å². The summed E-state index contributed by atoms with van der Waals surface area (Å²) in [6.07, 6.45) is 1.41. The molecule has 124 valence electrons. The van der Waals surface area contributed by atoms with Crippen LogP contribution in [0.3, 0.4) is 0 Å². The highest BCUT2D eigenvalue weighted by atomic mass is 16.6. The van der Waals surface area contributed by atoms with Gasteiger partial charge in [-0.15, -0.1) is 0 Å². The van der Waals surface area contributed by atoms with E-state index in [9.17, 15) is 9.59 Å². The number of hydrogen-bond acceptors (Lipinski definition) is 3. The molecule has 0 aromatic heterocycles. The van der Waals surface area contributed by atoms with Crippen molar-refractivity contribution in [1.82, 2.24) is 5.32 Å². The van der Waals surface area contributed by atoms with Crippen molar-refractivity contribution in [3.05, 3.63) is 66.2 Å². The van der Waals surface area contributed by atoms with E-state index in [1.807, 2.05) is 42.5 Å². The Balaban J connectivity index is 1.96. The third kappa shape index (κ3) is 4.98. The van der Waals surface area contributed by atoms with Crippen LogP contribution in [0.4, 0.5) is 4.79 Å². The number of carboxylic acids is 1. The molecule has 0 fully saturated rings. The van der Waals surface area contributed by atoms with Crippen molar-refractivity contribution >= 4 is 12.1 Å². The highest BCUT2D eigenvalue weighted by Crippen LogP contribution is 2.29. The van der Waals surface area contributed by atoms with Gasteiger partial charge in [0.2, 0.25) is 0 Å². The lowest BCUT2D eigenvalue weighted by molar-refractivity contribution is -0.132. The van der Waals surface area contributed by atoms with Crippen LogP contribution >= 0.6 is 0 Å². The van der Waals surface area contributed by atoms with Crippen molar-refractivity contribution in [3.63, 3.8) is 0 Å². The van der Waals surface area contributed by atoms with Gasteiger partial charge in [0.15, 0.2) is 0 Å². The number of amides is 1. The van der Waals surface area contributed by atoms with Gasteiger partial charge in [-0.25, -0.2) is 9.59 Å². The number of carboxylic acid groups (broad SMARTS) is 1. The van der Waals surface area contributed by atoms with E-state index < -0.39 is 12.1 Å². The molecule has 0 spiro atoms. The Morgan fingerprint density at radius 3 is 2.46 bits per heavy atom. The Bertz CT molecular complexity index is 738. The number of hydrogen-bond donors (Lipinski definition) is 2. The van der Waals surface area contributed by atoms with E-state index in [1.54, 1.807) is 18.2 Å². The van der Waals surface area contributed by atoms with Gasteiger partial charge in [0.25, 0.3) is 0 Å². The molecule has 2 aromatic rings. The summed E-state index contributed by atoms with van der Waals surface area (Å²) in [5.41, 5.74) is 2.04. The number of ether oxygens (including phenoxy) is 1. The molecule has 0 heterocycles. The van der Waals surface area contributed by atoms with E-state index in [0.717, 1.165) is 11.1 Å². The minimum Gasteiger partial charge on any atom is -0.478 e. The van der Waals surface area contributed by atoms with Crippen molar-refractivity contribution in [2.45, 2.75) is 13.3 Å². The smallest absolute Gasteiger partial charge is 0.412 e. The number of rotatable bonds is 6. The van der Waals surface area contributed by atoms with Crippen molar-refractivity contribution in [3.8, 4) is 16.9 Å². The van der Waals surface area contributed by atoms with E-state index in [4.69, 9.17) is 9.84 Å². The molecule has 0 unspecified atom stereocenters. The average molecular weight is 325 g/mol. The normalized spacial score (nSPS) is 11.0. The zero-order valence-corrected chi connectivity index (χ0v) is 13.4. The molecule has 5 heteroatoms. The van der Waals surface area contributed by atoms with Crippen LogP contribution in [0.5, 0.6) is 5.75 Å². The lowest BCUT2D eigenvalue weighted by atomic mass is 10.1. The fraction of sp³-hybridized carbons (Fsp3) is 0.158. The first kappa shape index (κ1) is 17.3. The van der Waals surface area contributed by atoms with Crippen molar-refractivity contribution in [2.24, 2.45) is 0 Å². The van der Waals surface area contributed by atoms with Crippen molar-refractivity contribution in [1.29, 1.82) is 0 Å². The van der Waals surface area contributed by atoms with Gasteiger partial charge in [0.05, 0.1) is 0 Å². The van der Waals surface area contributed by atoms with Crippen LogP contribution in [0.25, 0.3) is 11.1 Å². The molecule has 2 rings (SSSR count). The van der Waals surface area contributed by atoms with Crippen LogP contribution in [0, 0.1) is 0 Å². The topological polar surface area (TPSA) is 75.6 Å². The largest absolute Gasteiger partial charge is 0.478 e. The highest BCUT2D eigenvalue weighted by Gasteiger charge is 2.09. The Labute approximate surface area is 140 Å². The summed E-state index contributed by atoms with van der Waals surface area (Å²) < 4.78 is 5.37. The highest BCUT2D eigenvalue weighted by molar-refractivity contribution is 5.85. The molecule has 0 bridgehead atoms. The third-order valence-electron chi connectivity index (χ3n) is 3.38. The molecule has 0 radical (unpaired) electrons. The van der Waals surface area contributed by atoms with Gasteiger partial charge in [0, 0.05) is 17.7 Å². The second-order valence-electron chi connectivity index (χ2n) is 5.16. The summed E-state index contributed by atoms with van der Waals surface area (Å²) >= 11 is 0. The number of carbonyl (C=O) groups excluding carboxylic acids is 1. The molecule has 0 aliphatic heterocycles. The minimum absolute atomic E-state index is 0.250. The lowest BCUT2D eigenvalue weighted by Crippen LogP contribution is -2.27. The molecule has 2 N–H and O–H groups in total. The van der Waals surface area contributed by atoms with E-state index in [2.05, 4.69) is 5.32 Å². The number of nitrogens with one attached hydrogen (secondary N) is 1. The second-order valence-corrected chi connectivity index (χ2v) is 5.16. The molecule has 0 aliphatic carbocycles. The monoisotopic (exact) mass is 325 g/mol. The number of para-hydroxylation sites is 1. The van der Waals surface area contributed by atoms with Crippen LogP contribution in [-0.4, -0.2) is 23.7 Å². The quantitative estimate of drug-likeness (QED) is 0.624. The van der Waals surface area contributed by atoms with Gasteiger partial charge in [-0.05, 0) is 25.0 Å². The molecule has 24 heavy (non-hydrogen) atoms. The summed E-state index contributed by atoms with van der Waals surface area (Å²) in [4.78, 5) is 22.6.